The van der Waals surface area contributed by atoms with Crippen molar-refractivity contribution in [1.82, 2.24) is 24.6 Å². The van der Waals surface area contributed by atoms with Crippen molar-refractivity contribution in [2.75, 3.05) is 12.3 Å². The minimum atomic E-state index is -4.54. The van der Waals surface area contributed by atoms with E-state index in [-0.39, 0.29) is 42.0 Å². The van der Waals surface area contributed by atoms with Crippen molar-refractivity contribution >= 4 is 36.7 Å². The summed E-state index contributed by atoms with van der Waals surface area (Å²) < 4.78 is 60.8. The molecule has 312 valence electrons. The van der Waals surface area contributed by atoms with Crippen molar-refractivity contribution in [1.29, 1.82) is 0 Å². The van der Waals surface area contributed by atoms with Gasteiger partial charge in [0, 0.05) is 12.8 Å². The second-order valence-electron chi connectivity index (χ2n) is 14.6. The third-order valence-corrected chi connectivity index (χ3v) is 11.2. The van der Waals surface area contributed by atoms with Crippen LogP contribution in [0.5, 0.6) is 5.75 Å². The molecule has 1 saturated heterocycles. The van der Waals surface area contributed by atoms with Gasteiger partial charge in [0.05, 0.1) is 12.4 Å². The van der Waals surface area contributed by atoms with Gasteiger partial charge in [-0.3, -0.25) is 18.7 Å². The molecule has 16 heteroatoms. The highest BCUT2D eigenvalue weighted by Crippen LogP contribution is 2.49. The molecule has 0 spiro atoms. The molecule has 0 aliphatic carbocycles. The second-order valence-corrected chi connectivity index (χ2v) is 16.3. The smallest absolute Gasteiger partial charge is 0.459 e. The minimum absolute atomic E-state index is 0.0238. The number of imidazole rings is 1. The number of ether oxygens (including phenoxy) is 3. The van der Waals surface area contributed by atoms with Crippen LogP contribution < -0.4 is 15.3 Å². The third-order valence-electron chi connectivity index (χ3n) is 9.67. The lowest BCUT2D eigenvalue weighted by Gasteiger charge is -2.31. The van der Waals surface area contributed by atoms with E-state index >= 15 is 0 Å². The van der Waals surface area contributed by atoms with Gasteiger partial charge in [0.2, 0.25) is 0 Å². The largest absolute Gasteiger partial charge is 0.462 e. The number of carbonyl (C=O) groups is 2. The summed E-state index contributed by atoms with van der Waals surface area (Å²) in [4.78, 5) is 38.5. The topological polar surface area (TPSA) is 179 Å². The molecule has 2 aromatic heterocycles. The van der Waals surface area contributed by atoms with Gasteiger partial charge in [-0.25, -0.2) is 9.55 Å². The first kappa shape index (κ1) is 44.2. The van der Waals surface area contributed by atoms with E-state index in [0.717, 1.165) is 31.2 Å². The van der Waals surface area contributed by atoms with Crippen LogP contribution in [0.4, 0.5) is 10.2 Å². The third kappa shape index (κ3) is 12.3. The van der Waals surface area contributed by atoms with Crippen LogP contribution in [0.2, 0.25) is 0 Å². The van der Waals surface area contributed by atoms with Gasteiger partial charge in [0.25, 0.3) is 0 Å². The van der Waals surface area contributed by atoms with E-state index in [4.69, 9.17) is 35.4 Å². The molecule has 1 aliphatic rings. The van der Waals surface area contributed by atoms with Crippen LogP contribution >= 0.6 is 7.75 Å². The molecule has 0 saturated carbocycles. The number of nitrogens with zero attached hydrogens (tertiary/aromatic N) is 4. The number of hydrogen-bond donors (Lipinski definition) is 2. The van der Waals surface area contributed by atoms with Crippen LogP contribution in [0.1, 0.15) is 103 Å². The molecule has 0 radical (unpaired) electrons. The van der Waals surface area contributed by atoms with E-state index < -0.39 is 62.4 Å². The predicted octanol–water partition coefficient (Wildman–Crippen LogP) is 8.03. The fourth-order valence-corrected chi connectivity index (χ4v) is 8.22. The number of anilines is 1. The second kappa shape index (κ2) is 21.2. The Morgan fingerprint density at radius 3 is 2.34 bits per heavy atom. The number of nitrogen functional groups attached to an aromatic ring is 1. The number of terminal acetylenes is 1. The lowest BCUT2D eigenvalue weighted by molar-refractivity contribution is -0.158. The molecule has 5 rings (SSSR count). The summed E-state index contributed by atoms with van der Waals surface area (Å²) in [6.07, 6.45) is 13.6. The number of halogens is 1. The van der Waals surface area contributed by atoms with E-state index in [0.29, 0.717) is 6.42 Å². The van der Waals surface area contributed by atoms with Gasteiger partial charge in [0.1, 0.15) is 30.7 Å². The van der Waals surface area contributed by atoms with Gasteiger partial charge < -0.3 is 24.5 Å². The number of fused-ring (bicyclic) bond motifs is 1. The molecule has 4 aromatic rings. The number of hydrogen-bond acceptors (Lipinski definition) is 12. The molecular formula is C42H54FN6O8P. The fourth-order valence-electron chi connectivity index (χ4n) is 6.70. The average Bonchev–Trinajstić information content (AvgIpc) is 3.78. The van der Waals surface area contributed by atoms with Crippen molar-refractivity contribution in [2.45, 2.75) is 128 Å². The maximum atomic E-state index is 14.9. The van der Waals surface area contributed by atoms with E-state index in [9.17, 15) is 18.5 Å². The van der Waals surface area contributed by atoms with Crippen molar-refractivity contribution in [3.63, 3.8) is 0 Å². The Kier molecular flexibility index (Phi) is 16.2. The lowest BCUT2D eigenvalue weighted by Crippen LogP contribution is -2.46. The number of carbonyl (C=O) groups excluding carboxylic acids is 2. The van der Waals surface area contributed by atoms with Crippen LogP contribution in [-0.4, -0.2) is 61.9 Å². The van der Waals surface area contributed by atoms with Crippen molar-refractivity contribution in [3.8, 4) is 18.1 Å². The summed E-state index contributed by atoms with van der Waals surface area (Å²) in [5, 5.41) is 2.80. The van der Waals surface area contributed by atoms with Gasteiger partial charge in [-0.1, -0.05) is 113 Å². The van der Waals surface area contributed by atoms with Crippen molar-refractivity contribution in [2.24, 2.45) is 0 Å². The zero-order valence-electron chi connectivity index (χ0n) is 33.4. The number of benzene rings is 2. The van der Waals surface area contributed by atoms with Gasteiger partial charge >= 0.3 is 25.8 Å². The molecule has 2 aromatic carbocycles. The molecular weight excluding hydrogens is 766 g/mol. The van der Waals surface area contributed by atoms with E-state index in [2.05, 4.69) is 32.9 Å². The number of aromatic nitrogens is 4. The van der Waals surface area contributed by atoms with Crippen LogP contribution in [-0.2, 0) is 39.3 Å². The standard InChI is InChI=1S/C42H54FN6O8P/c1-5-7-8-9-10-11-12-13-20-25-36(50)55-34-27-35(49-29-45-37-38(44)46-41(43)47-39(37)49)56-42(34,6-2)28-53-58(52,57-32-23-18-15-19-24-32)48-33(40(51)54-30(3)4)26-31-21-16-14-17-22-31/h2,14-19,21-24,29-30,33-35H,5,7-13,20,25-28H2,1,3-4H3,(H,48,52)(H2,44,46,47)/t33-,34-,35+,42+,58-/m0/s1. The quantitative estimate of drug-likeness (QED) is 0.0242. The maximum Gasteiger partial charge on any atom is 0.459 e. The summed E-state index contributed by atoms with van der Waals surface area (Å²) in [7, 11) is -4.54. The normalized spacial score (nSPS) is 19.4. The highest BCUT2D eigenvalue weighted by Gasteiger charge is 2.53. The summed E-state index contributed by atoms with van der Waals surface area (Å²) in [6.45, 7) is 4.96. The fraction of sp³-hybridized carbons (Fsp3) is 0.500. The molecule has 0 amide bonds. The molecule has 1 aliphatic heterocycles. The number of para-hydroxylation sites is 1. The summed E-state index contributed by atoms with van der Waals surface area (Å²) >= 11 is 0. The monoisotopic (exact) mass is 820 g/mol. The Morgan fingerprint density at radius 1 is 1.03 bits per heavy atom. The molecule has 3 N–H and O–H groups in total. The van der Waals surface area contributed by atoms with Gasteiger partial charge in [0.15, 0.2) is 22.6 Å². The summed E-state index contributed by atoms with van der Waals surface area (Å²) in [5.41, 5.74) is 4.96. The number of nitrogens with two attached hydrogens (primary N) is 1. The molecule has 14 nitrogen and oxygen atoms in total. The van der Waals surface area contributed by atoms with Crippen molar-refractivity contribution < 1.29 is 41.8 Å². The number of unbranched alkanes of at least 4 members (excludes halogenated alkanes) is 8. The minimum Gasteiger partial charge on any atom is -0.462 e. The first-order chi connectivity index (χ1) is 27.9. The first-order valence-corrected chi connectivity index (χ1v) is 21.5. The van der Waals surface area contributed by atoms with Gasteiger partial charge in [-0.15, -0.1) is 6.42 Å². The van der Waals surface area contributed by atoms with Crippen molar-refractivity contribution in [3.05, 3.63) is 78.6 Å². The van der Waals surface area contributed by atoms with Crippen LogP contribution in [0, 0.1) is 18.4 Å². The first-order valence-electron chi connectivity index (χ1n) is 20.0. The van der Waals surface area contributed by atoms with E-state index in [1.807, 2.05) is 30.3 Å². The number of rotatable bonds is 23. The summed E-state index contributed by atoms with van der Waals surface area (Å²) in [5.74, 6) is 1.39. The molecule has 0 bridgehead atoms. The van der Waals surface area contributed by atoms with Gasteiger partial charge in [-0.2, -0.15) is 19.4 Å². The average molecular weight is 821 g/mol. The molecule has 0 unspecified atom stereocenters. The Morgan fingerprint density at radius 2 is 1.69 bits per heavy atom. The lowest BCUT2D eigenvalue weighted by atomic mass is 9.98. The Balaban J connectivity index is 1.40. The zero-order valence-corrected chi connectivity index (χ0v) is 34.3. The molecule has 3 heterocycles. The molecule has 1 fully saturated rings. The SMILES string of the molecule is C#C[C@]1(CO[P@@](=O)(N[C@@H](Cc2ccccc2)C(=O)OC(C)C)Oc2ccccc2)O[C@@H](n2cnc3c(N)nc(F)nc32)C[C@@H]1OC(=O)CCCCCCCCCCC. The zero-order chi connectivity index (χ0) is 41.5. The Bertz CT molecular complexity index is 2030. The predicted molar refractivity (Wildman–Crippen MR) is 217 cm³/mol. The molecule has 58 heavy (non-hydrogen) atoms. The highest BCUT2D eigenvalue weighted by molar-refractivity contribution is 7.52. The number of nitrogens with one attached hydrogen (secondary N) is 1. The Labute approximate surface area is 339 Å². The van der Waals surface area contributed by atoms with Crippen LogP contribution in [0.15, 0.2) is 67.0 Å². The van der Waals surface area contributed by atoms with Crippen LogP contribution in [0.3, 0.4) is 0 Å². The summed E-state index contributed by atoms with van der Waals surface area (Å²) in [6, 6.07) is 16.2. The maximum absolute atomic E-state index is 14.9. The Hall–Kier alpha value is -4.87. The highest BCUT2D eigenvalue weighted by atomic mass is 31.2. The van der Waals surface area contributed by atoms with Crippen LogP contribution in [0.25, 0.3) is 11.2 Å². The van der Waals surface area contributed by atoms with E-state index in [1.54, 1.807) is 44.2 Å². The van der Waals surface area contributed by atoms with Gasteiger partial charge in [-0.05, 0) is 44.4 Å². The van der Waals surface area contributed by atoms with E-state index in [1.165, 1.54) is 36.6 Å². The molecule has 5 atom stereocenters. The number of esters is 2.